The van der Waals surface area contributed by atoms with Crippen molar-refractivity contribution in [2.75, 3.05) is 6.61 Å². The predicted octanol–water partition coefficient (Wildman–Crippen LogP) is 2.13. The molecule has 1 fully saturated rings. The van der Waals surface area contributed by atoms with Gasteiger partial charge >= 0.3 is 5.97 Å². The molecule has 1 aliphatic rings. The summed E-state index contributed by atoms with van der Waals surface area (Å²) in [6.45, 7) is 4.07. The minimum absolute atomic E-state index is 0.123. The van der Waals surface area contributed by atoms with Crippen molar-refractivity contribution in [3.63, 3.8) is 0 Å². The van der Waals surface area contributed by atoms with Crippen LogP contribution in [0, 0.1) is 0 Å². The summed E-state index contributed by atoms with van der Waals surface area (Å²) in [5, 5.41) is 0. The zero-order valence-electron chi connectivity index (χ0n) is 6.85. The topological polar surface area (TPSA) is 26.3 Å². The van der Waals surface area contributed by atoms with Crippen molar-refractivity contribution in [1.29, 1.82) is 0 Å². The Morgan fingerprint density at radius 1 is 1.30 bits per heavy atom. The van der Waals surface area contributed by atoms with Crippen molar-refractivity contribution in [3.8, 4) is 0 Å². The highest BCUT2D eigenvalue weighted by molar-refractivity contribution is 5.68. The summed E-state index contributed by atoms with van der Waals surface area (Å²) in [4.78, 5) is 10.2. The van der Waals surface area contributed by atoms with Crippen LogP contribution in [0.5, 0.6) is 0 Å². The smallest absolute Gasteiger partial charge is 0.305 e. The van der Waals surface area contributed by atoms with Crippen molar-refractivity contribution in [1.82, 2.24) is 0 Å². The Hall–Kier alpha value is -0.530. The van der Waals surface area contributed by atoms with Gasteiger partial charge in [0.25, 0.3) is 0 Å². The lowest BCUT2D eigenvalue weighted by Gasteiger charge is -1.93. The van der Waals surface area contributed by atoms with Gasteiger partial charge in [-0.1, -0.05) is 26.2 Å². The number of carbonyl (C=O) groups is 1. The Labute approximate surface area is 62.6 Å². The van der Waals surface area contributed by atoms with E-state index in [9.17, 15) is 4.79 Å². The maximum absolute atomic E-state index is 10.2. The van der Waals surface area contributed by atoms with Crippen LogP contribution in [-0.4, -0.2) is 12.6 Å². The summed E-state index contributed by atoms with van der Waals surface area (Å²) in [7, 11) is 0. The molecule has 0 saturated heterocycles. The van der Waals surface area contributed by atoms with Crippen LogP contribution in [-0.2, 0) is 9.53 Å². The third kappa shape index (κ3) is 10.5. The Morgan fingerprint density at radius 3 is 1.90 bits per heavy atom. The molecule has 2 heteroatoms. The van der Waals surface area contributed by atoms with Crippen LogP contribution < -0.4 is 0 Å². The normalized spacial score (nSPS) is 13.0. The summed E-state index contributed by atoms with van der Waals surface area (Å²) >= 11 is 0. The number of ether oxygens (including phenoxy) is 1. The van der Waals surface area contributed by atoms with E-state index >= 15 is 0 Å². The molecule has 0 atom stereocenters. The van der Waals surface area contributed by atoms with E-state index in [4.69, 9.17) is 0 Å². The molecule has 0 aromatic heterocycles. The molecule has 0 unspecified atom stereocenters. The van der Waals surface area contributed by atoms with Gasteiger partial charge in [0.05, 0.1) is 6.61 Å². The molecule has 0 aromatic rings. The van der Waals surface area contributed by atoms with Crippen LogP contribution in [0.1, 0.15) is 39.5 Å². The van der Waals surface area contributed by atoms with Crippen molar-refractivity contribution >= 4 is 5.97 Å². The number of rotatable bonds is 2. The van der Waals surface area contributed by atoms with E-state index in [2.05, 4.69) is 4.74 Å². The largest absolute Gasteiger partial charge is 0.466 e. The molecule has 1 aliphatic carbocycles. The van der Waals surface area contributed by atoms with Crippen molar-refractivity contribution in [2.45, 2.75) is 39.5 Å². The van der Waals surface area contributed by atoms with Crippen LogP contribution in [0.15, 0.2) is 0 Å². The Kier molecular flexibility index (Phi) is 6.24. The quantitative estimate of drug-likeness (QED) is 0.555. The molecule has 0 N–H and O–H groups in total. The fourth-order valence-corrected chi connectivity index (χ4v) is 0.263. The van der Waals surface area contributed by atoms with E-state index < -0.39 is 0 Å². The fourth-order valence-electron chi connectivity index (χ4n) is 0.263. The van der Waals surface area contributed by atoms with Gasteiger partial charge in [-0.3, -0.25) is 4.79 Å². The number of esters is 1. The molecule has 0 bridgehead atoms. The first-order valence-corrected chi connectivity index (χ1v) is 3.96. The van der Waals surface area contributed by atoms with Gasteiger partial charge < -0.3 is 4.74 Å². The van der Waals surface area contributed by atoms with E-state index in [0.29, 0.717) is 13.0 Å². The molecule has 10 heavy (non-hydrogen) atoms. The molecule has 1 rings (SSSR count). The lowest BCUT2D eigenvalue weighted by atomic mass is 10.5. The Morgan fingerprint density at radius 2 is 1.80 bits per heavy atom. The highest BCUT2D eigenvalue weighted by Gasteiger charge is 1.95. The minimum atomic E-state index is -0.123. The van der Waals surface area contributed by atoms with Crippen LogP contribution in [0.2, 0.25) is 0 Å². The van der Waals surface area contributed by atoms with Crippen molar-refractivity contribution < 1.29 is 9.53 Å². The van der Waals surface area contributed by atoms with Gasteiger partial charge in [-0.05, 0) is 6.92 Å². The first-order chi connectivity index (χ1) is 4.81. The molecule has 0 amide bonds. The van der Waals surface area contributed by atoms with Crippen molar-refractivity contribution in [3.05, 3.63) is 0 Å². The van der Waals surface area contributed by atoms with Crippen molar-refractivity contribution in [2.24, 2.45) is 0 Å². The zero-order valence-corrected chi connectivity index (χ0v) is 6.85. The predicted molar refractivity (Wildman–Crippen MR) is 40.8 cm³/mol. The van der Waals surface area contributed by atoms with Crippen LogP contribution in [0.3, 0.4) is 0 Å². The second-order valence-electron chi connectivity index (χ2n) is 2.22. The molecule has 0 spiro atoms. The summed E-state index contributed by atoms with van der Waals surface area (Å²) in [6, 6.07) is 0. The van der Waals surface area contributed by atoms with Gasteiger partial charge in [0.1, 0.15) is 0 Å². The van der Waals surface area contributed by atoms with Gasteiger partial charge in [-0.25, -0.2) is 0 Å². The first kappa shape index (κ1) is 9.47. The molecule has 2 nitrogen and oxygen atoms in total. The monoisotopic (exact) mass is 144 g/mol. The lowest BCUT2D eigenvalue weighted by Crippen LogP contribution is -2.00. The van der Waals surface area contributed by atoms with E-state index in [1.165, 1.54) is 19.3 Å². The van der Waals surface area contributed by atoms with Gasteiger partial charge in [-0.15, -0.1) is 0 Å². The van der Waals surface area contributed by atoms with E-state index in [1.807, 2.05) is 0 Å². The number of hydrogen-bond donors (Lipinski definition) is 0. The maximum atomic E-state index is 10.2. The summed E-state index contributed by atoms with van der Waals surface area (Å²) in [5.74, 6) is -0.123. The molecule has 0 radical (unpaired) electrons. The Balaban J connectivity index is 0.000000219. The van der Waals surface area contributed by atoms with Crippen LogP contribution in [0.4, 0.5) is 0 Å². The van der Waals surface area contributed by atoms with Crippen LogP contribution in [0.25, 0.3) is 0 Å². The van der Waals surface area contributed by atoms with Gasteiger partial charge in [0.15, 0.2) is 0 Å². The molecule has 0 aliphatic heterocycles. The molecular formula is C8H16O2. The average Bonchev–Trinajstić information content (AvgIpc) is 2.73. The third-order valence-corrected chi connectivity index (χ3v) is 0.948. The number of hydrogen-bond acceptors (Lipinski definition) is 2. The molecule has 0 aromatic carbocycles. The van der Waals surface area contributed by atoms with E-state index in [-0.39, 0.29) is 5.97 Å². The highest BCUT2D eigenvalue weighted by atomic mass is 16.5. The molecule has 1 saturated carbocycles. The second-order valence-corrected chi connectivity index (χ2v) is 2.22. The molecule has 0 heterocycles. The first-order valence-electron chi connectivity index (χ1n) is 3.96. The summed E-state index contributed by atoms with van der Waals surface area (Å²) < 4.78 is 4.55. The molecule has 60 valence electrons. The average molecular weight is 144 g/mol. The van der Waals surface area contributed by atoms with E-state index in [0.717, 1.165) is 0 Å². The maximum Gasteiger partial charge on any atom is 0.305 e. The lowest BCUT2D eigenvalue weighted by molar-refractivity contribution is -0.142. The summed E-state index contributed by atoms with van der Waals surface area (Å²) in [6.07, 6.45) is 4.98. The third-order valence-electron chi connectivity index (χ3n) is 0.948. The van der Waals surface area contributed by atoms with Gasteiger partial charge in [0.2, 0.25) is 0 Å². The fraction of sp³-hybridized carbons (Fsp3) is 0.875. The van der Waals surface area contributed by atoms with Crippen LogP contribution >= 0.6 is 0 Å². The van der Waals surface area contributed by atoms with E-state index in [1.54, 1.807) is 13.8 Å². The SMILES string of the molecule is C1CC1.CCOC(=O)CC. The highest BCUT2D eigenvalue weighted by Crippen LogP contribution is 2.14. The van der Waals surface area contributed by atoms with Gasteiger partial charge in [0, 0.05) is 6.42 Å². The number of carbonyl (C=O) groups excluding carboxylic acids is 1. The minimum Gasteiger partial charge on any atom is -0.466 e. The summed E-state index contributed by atoms with van der Waals surface area (Å²) in [5.41, 5.74) is 0. The standard InChI is InChI=1S/C5H10O2.C3H6/c1-3-5(6)7-4-2;1-2-3-1/h3-4H2,1-2H3;1-3H2. The zero-order chi connectivity index (χ0) is 7.82. The van der Waals surface area contributed by atoms with Gasteiger partial charge in [-0.2, -0.15) is 0 Å². The molecular weight excluding hydrogens is 128 g/mol. The Bertz CT molecular complexity index is 84.5. The second kappa shape index (κ2) is 6.59.